The number of anilines is 1. The van der Waals surface area contributed by atoms with Gasteiger partial charge in [-0.25, -0.2) is 15.0 Å². The maximum absolute atomic E-state index is 11.5. The summed E-state index contributed by atoms with van der Waals surface area (Å²) in [5.41, 5.74) is 1.77. The lowest BCUT2D eigenvalue weighted by Crippen LogP contribution is -2.31. The van der Waals surface area contributed by atoms with Crippen LogP contribution in [0.2, 0.25) is 0 Å². The van der Waals surface area contributed by atoms with E-state index in [0.717, 1.165) is 5.56 Å². The minimum Gasteiger partial charge on any atom is -0.508 e. The highest BCUT2D eigenvalue weighted by molar-refractivity contribution is 5.82. The number of aromatic hydroxyl groups is 1. The Morgan fingerprint density at radius 3 is 2.78 bits per heavy atom. The van der Waals surface area contributed by atoms with Crippen LogP contribution in [0.25, 0.3) is 11.2 Å². The lowest BCUT2D eigenvalue weighted by atomic mass is 10.2. The molecule has 2 aromatic heterocycles. The topological polar surface area (TPSA) is 138 Å². The number of esters is 2. The van der Waals surface area contributed by atoms with Gasteiger partial charge in [0.25, 0.3) is 0 Å². The molecule has 1 aromatic carbocycles. The van der Waals surface area contributed by atoms with Crippen LogP contribution in [-0.4, -0.2) is 55.4 Å². The lowest BCUT2D eigenvalue weighted by molar-refractivity contribution is -0.155. The average molecular weight is 441 g/mol. The Bertz CT molecular complexity index is 1130. The lowest BCUT2D eigenvalue weighted by Gasteiger charge is -2.17. The van der Waals surface area contributed by atoms with Crippen molar-refractivity contribution in [2.45, 2.75) is 45.2 Å². The number of imidazole rings is 1. The Balaban J connectivity index is 1.54. The number of rotatable bonds is 7. The molecule has 2 N–H and O–H groups in total. The van der Waals surface area contributed by atoms with E-state index in [1.54, 1.807) is 23.0 Å². The molecule has 1 fully saturated rings. The predicted molar refractivity (Wildman–Crippen MR) is 111 cm³/mol. The van der Waals surface area contributed by atoms with Crippen molar-refractivity contribution in [3.63, 3.8) is 0 Å². The predicted octanol–water partition coefficient (Wildman–Crippen LogP) is 1.93. The summed E-state index contributed by atoms with van der Waals surface area (Å²) in [7, 11) is 0. The van der Waals surface area contributed by atoms with Gasteiger partial charge in [0.15, 0.2) is 17.0 Å². The van der Waals surface area contributed by atoms with Gasteiger partial charge < -0.3 is 24.6 Å². The minimum atomic E-state index is -0.606. The number of fused-ring (bicyclic) bond motifs is 1. The zero-order valence-corrected chi connectivity index (χ0v) is 17.6. The molecular weight excluding hydrogens is 418 g/mol. The zero-order chi connectivity index (χ0) is 22.7. The van der Waals surface area contributed by atoms with Crippen LogP contribution in [0.3, 0.4) is 0 Å². The number of nitrogens with one attached hydrogen (secondary N) is 1. The number of nitrogens with zero attached hydrogens (tertiary/aromatic N) is 4. The van der Waals surface area contributed by atoms with Gasteiger partial charge in [-0.05, 0) is 6.07 Å². The van der Waals surface area contributed by atoms with Crippen LogP contribution >= 0.6 is 0 Å². The van der Waals surface area contributed by atoms with Crippen LogP contribution in [0, 0.1) is 0 Å². The van der Waals surface area contributed by atoms with Crippen molar-refractivity contribution < 1.29 is 28.9 Å². The molecule has 4 rings (SSSR count). The van der Waals surface area contributed by atoms with Gasteiger partial charge in [0.2, 0.25) is 0 Å². The van der Waals surface area contributed by atoms with E-state index in [2.05, 4.69) is 20.3 Å². The Morgan fingerprint density at radius 2 is 2.03 bits per heavy atom. The summed E-state index contributed by atoms with van der Waals surface area (Å²) >= 11 is 0. The molecule has 3 aromatic rings. The van der Waals surface area contributed by atoms with Gasteiger partial charge in [-0.1, -0.05) is 18.2 Å². The first-order valence-corrected chi connectivity index (χ1v) is 10.1. The van der Waals surface area contributed by atoms with E-state index in [1.807, 2.05) is 12.1 Å². The maximum atomic E-state index is 11.5. The first-order valence-electron chi connectivity index (χ1n) is 10.1. The fraction of sp³-hybridized carbons (Fsp3) is 0.381. The molecule has 0 amide bonds. The molecule has 32 heavy (non-hydrogen) atoms. The first kappa shape index (κ1) is 21.5. The molecule has 3 heterocycles. The molecule has 1 saturated heterocycles. The number of carbonyl (C=O) groups is 2. The number of aromatic nitrogens is 4. The summed E-state index contributed by atoms with van der Waals surface area (Å²) in [4.78, 5) is 35.7. The third-order valence-corrected chi connectivity index (χ3v) is 5.06. The Hall–Kier alpha value is -3.73. The first-order chi connectivity index (χ1) is 15.4. The van der Waals surface area contributed by atoms with Crippen LogP contribution < -0.4 is 5.32 Å². The Kier molecular flexibility index (Phi) is 6.17. The monoisotopic (exact) mass is 441 g/mol. The minimum absolute atomic E-state index is 0.0290. The van der Waals surface area contributed by atoms with Crippen LogP contribution in [0.1, 0.15) is 32.1 Å². The molecule has 168 valence electrons. The average Bonchev–Trinajstić information content (AvgIpc) is 3.35. The molecule has 11 nitrogen and oxygen atoms in total. The van der Waals surface area contributed by atoms with Crippen molar-refractivity contribution in [2.75, 3.05) is 11.9 Å². The summed E-state index contributed by atoms with van der Waals surface area (Å²) in [6, 6.07) is 7.02. The van der Waals surface area contributed by atoms with Crippen molar-refractivity contribution in [2.24, 2.45) is 0 Å². The molecular formula is C21H23N5O6. The van der Waals surface area contributed by atoms with Crippen LogP contribution in [0.5, 0.6) is 5.75 Å². The molecule has 1 aliphatic rings. The number of hydrogen-bond donors (Lipinski definition) is 2. The number of carbonyl (C=O) groups excluding carboxylic acids is 2. The van der Waals surface area contributed by atoms with Gasteiger partial charge >= 0.3 is 11.9 Å². The molecule has 0 saturated carbocycles. The Morgan fingerprint density at radius 1 is 1.22 bits per heavy atom. The van der Waals surface area contributed by atoms with Gasteiger partial charge in [-0.3, -0.25) is 14.2 Å². The summed E-state index contributed by atoms with van der Waals surface area (Å²) in [6.07, 6.45) is 1.63. The number of hydrogen-bond acceptors (Lipinski definition) is 10. The van der Waals surface area contributed by atoms with Gasteiger partial charge in [0, 0.05) is 32.4 Å². The van der Waals surface area contributed by atoms with E-state index >= 15 is 0 Å². The van der Waals surface area contributed by atoms with Crippen molar-refractivity contribution in [3.05, 3.63) is 42.5 Å². The summed E-state index contributed by atoms with van der Waals surface area (Å²) in [5.74, 6) is -0.200. The highest BCUT2D eigenvalue weighted by Crippen LogP contribution is 2.33. The van der Waals surface area contributed by atoms with Crippen molar-refractivity contribution in [3.8, 4) is 5.75 Å². The SMILES string of the molecule is CC(=O)OC[C@H]1O[C@@H](n2cnc3c(NCc4ccccc4O)ncnc32)CC1OC(C)=O. The number of ether oxygens (including phenoxy) is 3. The van der Waals surface area contributed by atoms with Gasteiger partial charge in [0.1, 0.15) is 37.1 Å². The van der Waals surface area contributed by atoms with Crippen molar-refractivity contribution in [1.29, 1.82) is 0 Å². The molecule has 0 bridgehead atoms. The summed E-state index contributed by atoms with van der Waals surface area (Å²) in [6.45, 7) is 2.94. The molecule has 1 aliphatic heterocycles. The third kappa shape index (κ3) is 4.62. The highest BCUT2D eigenvalue weighted by atomic mass is 16.6. The zero-order valence-electron chi connectivity index (χ0n) is 17.6. The van der Waals surface area contributed by atoms with Gasteiger partial charge in [-0.2, -0.15) is 0 Å². The largest absolute Gasteiger partial charge is 0.508 e. The van der Waals surface area contributed by atoms with Crippen molar-refractivity contribution in [1.82, 2.24) is 19.5 Å². The van der Waals surface area contributed by atoms with Crippen molar-refractivity contribution >= 4 is 28.9 Å². The summed E-state index contributed by atoms with van der Waals surface area (Å²) < 4.78 is 18.2. The van der Waals surface area contributed by atoms with E-state index in [4.69, 9.17) is 14.2 Å². The number of phenols is 1. The van der Waals surface area contributed by atoms with Gasteiger partial charge in [-0.15, -0.1) is 0 Å². The highest BCUT2D eigenvalue weighted by Gasteiger charge is 2.40. The van der Waals surface area contributed by atoms with E-state index in [1.165, 1.54) is 20.2 Å². The smallest absolute Gasteiger partial charge is 0.303 e. The van der Waals surface area contributed by atoms with E-state index in [9.17, 15) is 14.7 Å². The Labute approximate surface area is 183 Å². The second-order valence-electron chi connectivity index (χ2n) is 7.34. The van der Waals surface area contributed by atoms with E-state index < -0.39 is 30.4 Å². The number of phenolic OH excluding ortho intramolecular Hbond substituents is 1. The number of para-hydroxylation sites is 1. The second-order valence-corrected chi connectivity index (χ2v) is 7.34. The maximum Gasteiger partial charge on any atom is 0.303 e. The molecule has 1 unspecified atom stereocenters. The van der Waals surface area contributed by atoms with Crippen LogP contribution in [-0.2, 0) is 30.3 Å². The number of benzene rings is 1. The molecule has 0 aliphatic carbocycles. The van der Waals surface area contributed by atoms with E-state index in [0.29, 0.717) is 29.9 Å². The second kappa shape index (κ2) is 9.18. The molecule has 11 heteroatoms. The third-order valence-electron chi connectivity index (χ3n) is 5.06. The molecule has 3 atom stereocenters. The standard InChI is InChI=1S/C21H23N5O6/c1-12(27)30-9-17-16(31-13(2)28)7-18(32-17)26-11-25-19-20(23-10-24-21(19)26)22-8-14-5-3-4-6-15(14)29/h3-6,10-11,16-18,29H,7-9H2,1-2H3,(H,22,23,24)/t16?,17-,18-/m1/s1. The quantitative estimate of drug-likeness (QED) is 0.523. The molecule has 0 radical (unpaired) electrons. The normalized spacial score (nSPS) is 20.2. The summed E-state index contributed by atoms with van der Waals surface area (Å²) in [5, 5.41) is 13.1. The fourth-order valence-electron chi connectivity index (χ4n) is 3.59. The fourth-order valence-corrected chi connectivity index (χ4v) is 3.59. The van der Waals surface area contributed by atoms with Gasteiger partial charge in [0.05, 0.1) is 6.33 Å². The van der Waals surface area contributed by atoms with Crippen LogP contribution in [0.4, 0.5) is 5.82 Å². The molecule has 0 spiro atoms. The van der Waals surface area contributed by atoms with E-state index in [-0.39, 0.29) is 12.4 Å². The van der Waals surface area contributed by atoms with Crippen LogP contribution in [0.15, 0.2) is 36.9 Å².